The molecule has 0 aliphatic rings. The van der Waals surface area contributed by atoms with Crippen LogP contribution in [0.3, 0.4) is 0 Å². The van der Waals surface area contributed by atoms with Crippen LogP contribution in [0.25, 0.3) is 0 Å². The van der Waals surface area contributed by atoms with E-state index in [4.69, 9.17) is 17.0 Å². The van der Waals surface area contributed by atoms with Crippen molar-refractivity contribution in [2.75, 3.05) is 17.7 Å². The molecule has 2 N–H and O–H groups in total. The van der Waals surface area contributed by atoms with Crippen molar-refractivity contribution in [3.63, 3.8) is 0 Å². The van der Waals surface area contributed by atoms with Crippen LogP contribution in [-0.2, 0) is 11.3 Å². The van der Waals surface area contributed by atoms with Crippen molar-refractivity contribution in [2.45, 2.75) is 34.2 Å². The Balaban J connectivity index is 1.75. The third-order valence-electron chi connectivity index (χ3n) is 4.56. The molecule has 0 amide bonds. The van der Waals surface area contributed by atoms with Crippen LogP contribution in [-0.4, -0.2) is 28.0 Å². The highest BCUT2D eigenvalue weighted by molar-refractivity contribution is 7.80. The van der Waals surface area contributed by atoms with E-state index in [9.17, 15) is 4.79 Å². The molecule has 1 aromatic carbocycles. The summed E-state index contributed by atoms with van der Waals surface area (Å²) in [6, 6.07) is 10.2. The molecule has 6 nitrogen and oxygen atoms in total. The fraction of sp³-hybridized carbons (Fsp3) is 0.286. The monoisotopic (exact) mass is 428 g/mol. The van der Waals surface area contributed by atoms with Gasteiger partial charge in [-0.3, -0.25) is 4.68 Å². The van der Waals surface area contributed by atoms with E-state index in [1.54, 1.807) is 6.07 Å². The van der Waals surface area contributed by atoms with Gasteiger partial charge in [-0.2, -0.15) is 5.10 Å². The van der Waals surface area contributed by atoms with Gasteiger partial charge in [0, 0.05) is 4.88 Å². The molecule has 0 unspecified atom stereocenters. The van der Waals surface area contributed by atoms with Gasteiger partial charge in [-0.25, -0.2) is 4.79 Å². The Morgan fingerprint density at radius 2 is 1.86 bits per heavy atom. The molecule has 0 aliphatic heterocycles. The number of esters is 1. The number of thiocarbonyl (C=S) groups is 1. The van der Waals surface area contributed by atoms with Crippen LogP contribution in [0.2, 0.25) is 0 Å². The zero-order chi connectivity index (χ0) is 21.1. The van der Waals surface area contributed by atoms with E-state index in [1.165, 1.54) is 29.6 Å². The number of aryl methyl sites for hydroxylation is 3. The van der Waals surface area contributed by atoms with Gasteiger partial charge in [0.15, 0.2) is 5.11 Å². The maximum atomic E-state index is 12.0. The molecule has 0 saturated heterocycles. The van der Waals surface area contributed by atoms with Gasteiger partial charge in [0.05, 0.1) is 36.3 Å². The lowest BCUT2D eigenvalue weighted by molar-refractivity contribution is 0.0602. The first kappa shape index (κ1) is 21.0. The van der Waals surface area contributed by atoms with Gasteiger partial charge in [0.1, 0.15) is 5.00 Å². The van der Waals surface area contributed by atoms with Crippen LogP contribution in [0.1, 0.15) is 37.7 Å². The number of methoxy groups -OCH3 is 1. The molecule has 0 saturated carbocycles. The standard InChI is InChI=1S/C21H24N4O2S2/c1-12-6-8-16(9-7-12)11-25-15(4)18(14(3)24-25)22-21(28)23-19-17(20(26)27-5)10-13(2)29-19/h6-10H,11H2,1-5H3,(H2,22,23,28). The molecule has 0 aliphatic carbocycles. The van der Waals surface area contributed by atoms with E-state index in [2.05, 4.69) is 46.9 Å². The average molecular weight is 429 g/mol. The molecular formula is C21H24N4O2S2. The highest BCUT2D eigenvalue weighted by atomic mass is 32.1. The summed E-state index contributed by atoms with van der Waals surface area (Å²) in [5.74, 6) is -0.391. The zero-order valence-electron chi connectivity index (χ0n) is 17.1. The lowest BCUT2D eigenvalue weighted by Gasteiger charge is -2.11. The van der Waals surface area contributed by atoms with Gasteiger partial charge in [-0.1, -0.05) is 29.8 Å². The lowest BCUT2D eigenvalue weighted by Crippen LogP contribution is -2.20. The Labute approximate surface area is 179 Å². The van der Waals surface area contributed by atoms with Crippen molar-refractivity contribution in [2.24, 2.45) is 0 Å². The first-order valence-corrected chi connectivity index (χ1v) is 10.4. The van der Waals surface area contributed by atoms with Crippen LogP contribution in [0.4, 0.5) is 10.7 Å². The summed E-state index contributed by atoms with van der Waals surface area (Å²) in [4.78, 5) is 13.0. The topological polar surface area (TPSA) is 68.2 Å². The van der Waals surface area contributed by atoms with E-state index in [1.807, 2.05) is 25.5 Å². The fourth-order valence-corrected chi connectivity index (χ4v) is 4.19. The third-order valence-corrected chi connectivity index (χ3v) is 5.73. The minimum Gasteiger partial charge on any atom is -0.465 e. The Morgan fingerprint density at radius 3 is 2.52 bits per heavy atom. The molecule has 2 aromatic heterocycles. The van der Waals surface area contributed by atoms with Crippen LogP contribution in [0.15, 0.2) is 30.3 Å². The quantitative estimate of drug-likeness (QED) is 0.448. The number of carbonyl (C=O) groups is 1. The van der Waals surface area contributed by atoms with Crippen molar-refractivity contribution in [3.8, 4) is 0 Å². The molecule has 0 radical (unpaired) electrons. The van der Waals surface area contributed by atoms with E-state index < -0.39 is 5.97 Å². The van der Waals surface area contributed by atoms with Crippen molar-refractivity contribution < 1.29 is 9.53 Å². The second-order valence-corrected chi connectivity index (χ2v) is 8.52. The van der Waals surface area contributed by atoms with Crippen molar-refractivity contribution >= 4 is 45.3 Å². The summed E-state index contributed by atoms with van der Waals surface area (Å²) < 4.78 is 6.80. The van der Waals surface area contributed by atoms with Gasteiger partial charge < -0.3 is 15.4 Å². The number of hydrogen-bond acceptors (Lipinski definition) is 5. The summed E-state index contributed by atoms with van der Waals surface area (Å²) in [5.41, 5.74) is 5.60. The molecule has 3 rings (SSSR count). The molecule has 29 heavy (non-hydrogen) atoms. The number of benzene rings is 1. The molecule has 0 fully saturated rings. The summed E-state index contributed by atoms with van der Waals surface area (Å²) in [7, 11) is 1.37. The number of nitrogens with zero attached hydrogens (tertiary/aromatic N) is 2. The van der Waals surface area contributed by atoms with Crippen LogP contribution in [0.5, 0.6) is 0 Å². The van der Waals surface area contributed by atoms with E-state index in [0.29, 0.717) is 22.2 Å². The minimum atomic E-state index is -0.391. The number of nitrogens with one attached hydrogen (secondary N) is 2. The number of aromatic nitrogens is 2. The number of carbonyl (C=O) groups excluding carboxylic acids is 1. The van der Waals surface area contributed by atoms with Gasteiger partial charge in [-0.05, 0) is 51.5 Å². The largest absolute Gasteiger partial charge is 0.465 e. The maximum absolute atomic E-state index is 12.0. The molecule has 0 bridgehead atoms. The van der Waals surface area contributed by atoms with E-state index in [-0.39, 0.29) is 0 Å². The molecule has 152 valence electrons. The second-order valence-electron chi connectivity index (χ2n) is 6.86. The van der Waals surface area contributed by atoms with Gasteiger partial charge >= 0.3 is 5.97 Å². The van der Waals surface area contributed by atoms with Crippen molar-refractivity contribution in [1.29, 1.82) is 0 Å². The van der Waals surface area contributed by atoms with E-state index >= 15 is 0 Å². The van der Waals surface area contributed by atoms with Gasteiger partial charge in [0.25, 0.3) is 0 Å². The number of thiophene rings is 1. The zero-order valence-corrected chi connectivity index (χ0v) is 18.8. The molecule has 2 heterocycles. The molecule has 0 spiro atoms. The summed E-state index contributed by atoms with van der Waals surface area (Å²) in [5, 5.41) is 12.1. The first-order chi connectivity index (χ1) is 13.8. The normalized spacial score (nSPS) is 10.7. The summed E-state index contributed by atoms with van der Waals surface area (Å²) >= 11 is 6.93. The van der Waals surface area contributed by atoms with E-state index in [0.717, 1.165) is 22.0 Å². The number of anilines is 2. The number of hydrogen-bond donors (Lipinski definition) is 2. The maximum Gasteiger partial charge on any atom is 0.340 e. The van der Waals surface area contributed by atoms with Crippen molar-refractivity contribution in [3.05, 3.63) is 63.3 Å². The summed E-state index contributed by atoms with van der Waals surface area (Å²) in [6.07, 6.45) is 0. The highest BCUT2D eigenvalue weighted by Crippen LogP contribution is 2.29. The SMILES string of the molecule is COC(=O)c1cc(C)sc1NC(=S)Nc1c(C)nn(Cc2ccc(C)cc2)c1C. The third kappa shape index (κ3) is 4.83. The first-order valence-electron chi connectivity index (χ1n) is 9.14. The fourth-order valence-electron chi connectivity index (χ4n) is 3.01. The Hall–Kier alpha value is -2.71. The highest BCUT2D eigenvalue weighted by Gasteiger charge is 2.18. The smallest absolute Gasteiger partial charge is 0.340 e. The van der Waals surface area contributed by atoms with Crippen LogP contribution in [0, 0.1) is 27.7 Å². The minimum absolute atomic E-state index is 0.391. The molecule has 8 heteroatoms. The number of rotatable bonds is 5. The molecular weight excluding hydrogens is 404 g/mol. The number of ether oxygens (including phenoxy) is 1. The van der Waals surface area contributed by atoms with Gasteiger partial charge in [-0.15, -0.1) is 11.3 Å². The van der Waals surface area contributed by atoms with Crippen LogP contribution < -0.4 is 10.6 Å². The molecule has 0 atom stereocenters. The molecule has 3 aromatic rings. The van der Waals surface area contributed by atoms with Crippen molar-refractivity contribution in [1.82, 2.24) is 9.78 Å². The Morgan fingerprint density at radius 1 is 1.17 bits per heavy atom. The van der Waals surface area contributed by atoms with Gasteiger partial charge in [0.2, 0.25) is 0 Å². The Kier molecular flexibility index (Phi) is 6.34. The summed E-state index contributed by atoms with van der Waals surface area (Å²) in [6.45, 7) is 8.64. The Bertz CT molecular complexity index is 1050. The average Bonchev–Trinajstić information content (AvgIpc) is 3.17. The predicted molar refractivity (Wildman–Crippen MR) is 122 cm³/mol. The predicted octanol–water partition coefficient (Wildman–Crippen LogP) is 4.82. The second kappa shape index (κ2) is 8.75. The van der Waals surface area contributed by atoms with Crippen LogP contribution >= 0.6 is 23.6 Å². The lowest BCUT2D eigenvalue weighted by atomic mass is 10.1.